The number of rotatable bonds is 5. The van der Waals surface area contributed by atoms with Crippen molar-refractivity contribution >= 4 is 35.0 Å². The van der Waals surface area contributed by atoms with E-state index in [0.29, 0.717) is 13.2 Å². The molecule has 2 rings (SSSR count). The van der Waals surface area contributed by atoms with Gasteiger partial charge in [0.05, 0.1) is 17.9 Å². The summed E-state index contributed by atoms with van der Waals surface area (Å²) in [5.74, 6) is 1.89. The first kappa shape index (κ1) is 15.4. The van der Waals surface area contributed by atoms with Crippen LogP contribution >= 0.6 is 23.1 Å². The van der Waals surface area contributed by atoms with Gasteiger partial charge in [-0.15, -0.1) is 11.3 Å². The van der Waals surface area contributed by atoms with E-state index in [2.05, 4.69) is 0 Å². The molecule has 0 saturated heterocycles. The maximum absolute atomic E-state index is 12.3. The van der Waals surface area contributed by atoms with Crippen molar-refractivity contribution in [2.45, 2.75) is 25.5 Å². The van der Waals surface area contributed by atoms with Crippen LogP contribution in [0.1, 0.15) is 33.5 Å². The molecule has 0 N–H and O–H groups in total. The molecule has 1 aliphatic heterocycles. The summed E-state index contributed by atoms with van der Waals surface area (Å²) in [5.41, 5.74) is 1.30. The lowest BCUT2D eigenvalue weighted by atomic mass is 10.2. The Morgan fingerprint density at radius 2 is 2.25 bits per heavy atom. The number of hydrogen-bond acceptors (Lipinski definition) is 5. The van der Waals surface area contributed by atoms with Crippen molar-refractivity contribution in [2.75, 3.05) is 26.0 Å². The summed E-state index contributed by atoms with van der Waals surface area (Å²) >= 11 is 3.51. The Kier molecular flexibility index (Phi) is 5.48. The molecule has 0 radical (unpaired) electrons. The lowest BCUT2D eigenvalue weighted by Crippen LogP contribution is -2.28. The van der Waals surface area contributed by atoms with Crippen LogP contribution in [0.3, 0.4) is 0 Å². The van der Waals surface area contributed by atoms with Crippen molar-refractivity contribution in [1.82, 2.24) is 4.90 Å². The molecule has 1 aromatic rings. The van der Waals surface area contributed by atoms with Gasteiger partial charge in [-0.25, -0.2) is 0 Å². The van der Waals surface area contributed by atoms with Gasteiger partial charge in [0.15, 0.2) is 0 Å². The number of carbonyl (C=O) groups excluding carboxylic acids is 2. The van der Waals surface area contributed by atoms with E-state index in [9.17, 15) is 9.59 Å². The van der Waals surface area contributed by atoms with Crippen LogP contribution in [-0.2, 0) is 21.7 Å². The highest BCUT2D eigenvalue weighted by Gasteiger charge is 2.20. The summed E-state index contributed by atoms with van der Waals surface area (Å²) in [5, 5.41) is 0. The van der Waals surface area contributed by atoms with Crippen LogP contribution in [0.2, 0.25) is 0 Å². The third-order valence-electron chi connectivity index (χ3n) is 3.14. The Balaban J connectivity index is 1.93. The number of thioether (sulfide) groups is 1. The largest absolute Gasteiger partial charge is 0.466 e. The highest BCUT2D eigenvalue weighted by atomic mass is 32.2. The molecule has 0 saturated carbocycles. The summed E-state index contributed by atoms with van der Waals surface area (Å²) < 4.78 is 4.87. The van der Waals surface area contributed by atoms with Crippen molar-refractivity contribution in [2.24, 2.45) is 0 Å². The van der Waals surface area contributed by atoms with Crippen molar-refractivity contribution < 1.29 is 14.3 Å². The summed E-state index contributed by atoms with van der Waals surface area (Å²) in [6.07, 6.45) is 1.31. The summed E-state index contributed by atoms with van der Waals surface area (Å²) in [6, 6.07) is 2.01. The first-order chi connectivity index (χ1) is 9.61. The second-order valence-electron chi connectivity index (χ2n) is 4.64. The molecular formula is C14H19NO3S2. The van der Waals surface area contributed by atoms with Crippen LogP contribution < -0.4 is 0 Å². The van der Waals surface area contributed by atoms with Crippen LogP contribution in [0.5, 0.6) is 0 Å². The van der Waals surface area contributed by atoms with Gasteiger partial charge < -0.3 is 9.64 Å². The molecule has 110 valence electrons. The number of nitrogens with zero attached hydrogens (tertiary/aromatic N) is 1. The third-order valence-corrected chi connectivity index (χ3v) is 5.37. The van der Waals surface area contributed by atoms with E-state index in [1.54, 1.807) is 30.2 Å². The maximum Gasteiger partial charge on any atom is 0.307 e. The molecule has 6 heteroatoms. The maximum atomic E-state index is 12.3. The summed E-state index contributed by atoms with van der Waals surface area (Å²) in [4.78, 5) is 27.3. The van der Waals surface area contributed by atoms with Crippen molar-refractivity contribution in [3.05, 3.63) is 21.4 Å². The molecule has 4 nitrogen and oxygen atoms in total. The molecule has 0 aliphatic carbocycles. The van der Waals surface area contributed by atoms with Gasteiger partial charge in [-0.2, -0.15) is 11.8 Å². The van der Waals surface area contributed by atoms with Crippen LogP contribution in [-0.4, -0.2) is 42.7 Å². The lowest BCUT2D eigenvalue weighted by Gasteiger charge is -2.15. The molecule has 1 aromatic heterocycles. The Bertz CT molecular complexity index is 475. The summed E-state index contributed by atoms with van der Waals surface area (Å²) in [6.45, 7) is 2.56. The molecule has 2 heterocycles. The molecular weight excluding hydrogens is 294 g/mol. The van der Waals surface area contributed by atoms with Crippen LogP contribution in [0.15, 0.2) is 6.07 Å². The average molecular weight is 313 g/mol. The van der Waals surface area contributed by atoms with Gasteiger partial charge in [0.1, 0.15) is 0 Å². The SMILES string of the molecule is CCOC(=O)CCN(C)C(=O)c1cc2c(s1)CCSC2. The van der Waals surface area contributed by atoms with Gasteiger partial charge in [-0.3, -0.25) is 9.59 Å². The predicted octanol–water partition coefficient (Wildman–Crippen LogP) is 2.56. The van der Waals surface area contributed by atoms with Gasteiger partial charge >= 0.3 is 5.97 Å². The lowest BCUT2D eigenvalue weighted by molar-refractivity contribution is -0.143. The van der Waals surface area contributed by atoms with Crippen LogP contribution in [0.4, 0.5) is 0 Å². The Morgan fingerprint density at radius 3 is 2.95 bits per heavy atom. The highest BCUT2D eigenvalue weighted by Crippen LogP contribution is 2.32. The normalized spacial score (nSPS) is 13.7. The van der Waals surface area contributed by atoms with E-state index in [4.69, 9.17) is 4.74 Å². The fraction of sp³-hybridized carbons (Fsp3) is 0.571. The molecule has 0 atom stereocenters. The smallest absolute Gasteiger partial charge is 0.307 e. The second kappa shape index (κ2) is 7.13. The minimum Gasteiger partial charge on any atom is -0.466 e. The van der Waals surface area contributed by atoms with E-state index in [-0.39, 0.29) is 18.3 Å². The first-order valence-corrected chi connectivity index (χ1v) is 8.69. The number of thiophene rings is 1. The van der Waals surface area contributed by atoms with E-state index >= 15 is 0 Å². The average Bonchev–Trinajstić information content (AvgIpc) is 2.88. The van der Waals surface area contributed by atoms with Crippen molar-refractivity contribution in [3.63, 3.8) is 0 Å². The minimum atomic E-state index is -0.256. The number of amides is 1. The first-order valence-electron chi connectivity index (χ1n) is 6.72. The number of ether oxygens (including phenoxy) is 1. The molecule has 0 bridgehead atoms. The molecule has 20 heavy (non-hydrogen) atoms. The molecule has 1 amide bonds. The van der Waals surface area contributed by atoms with Gasteiger partial charge in [-0.05, 0) is 30.7 Å². The zero-order chi connectivity index (χ0) is 14.5. The van der Waals surface area contributed by atoms with E-state index in [1.165, 1.54) is 10.4 Å². The second-order valence-corrected chi connectivity index (χ2v) is 6.89. The Hall–Kier alpha value is -1.01. The fourth-order valence-corrected chi connectivity index (χ4v) is 4.40. The minimum absolute atomic E-state index is 0.00121. The number of hydrogen-bond donors (Lipinski definition) is 0. The number of aryl methyl sites for hydroxylation is 1. The summed E-state index contributed by atoms with van der Waals surface area (Å²) in [7, 11) is 1.73. The monoisotopic (exact) mass is 313 g/mol. The predicted molar refractivity (Wildman–Crippen MR) is 82.4 cm³/mol. The topological polar surface area (TPSA) is 46.6 Å². The zero-order valence-corrected chi connectivity index (χ0v) is 13.4. The molecule has 0 aromatic carbocycles. The van der Waals surface area contributed by atoms with Gasteiger partial charge in [0.2, 0.25) is 0 Å². The van der Waals surface area contributed by atoms with E-state index in [0.717, 1.165) is 22.8 Å². The molecule has 0 unspecified atom stereocenters. The zero-order valence-electron chi connectivity index (χ0n) is 11.8. The number of fused-ring (bicyclic) bond motifs is 1. The van der Waals surface area contributed by atoms with E-state index < -0.39 is 0 Å². The Labute approximate surface area is 127 Å². The van der Waals surface area contributed by atoms with E-state index in [1.807, 2.05) is 17.8 Å². The van der Waals surface area contributed by atoms with Gasteiger partial charge in [-0.1, -0.05) is 0 Å². The highest BCUT2D eigenvalue weighted by molar-refractivity contribution is 7.98. The molecule has 0 fully saturated rings. The quantitative estimate of drug-likeness (QED) is 0.784. The molecule has 0 spiro atoms. The fourth-order valence-electron chi connectivity index (χ4n) is 2.03. The van der Waals surface area contributed by atoms with Crippen LogP contribution in [0, 0.1) is 0 Å². The van der Waals surface area contributed by atoms with Crippen molar-refractivity contribution in [3.8, 4) is 0 Å². The number of esters is 1. The number of carbonyl (C=O) groups is 2. The van der Waals surface area contributed by atoms with Gasteiger partial charge in [0.25, 0.3) is 5.91 Å². The Morgan fingerprint density at radius 1 is 1.45 bits per heavy atom. The third kappa shape index (κ3) is 3.76. The van der Waals surface area contributed by atoms with Crippen molar-refractivity contribution in [1.29, 1.82) is 0 Å². The van der Waals surface area contributed by atoms with Crippen LogP contribution in [0.25, 0.3) is 0 Å². The standard InChI is InChI=1S/C14H19NO3S2/c1-3-18-13(16)4-6-15(2)14(17)12-8-10-9-19-7-5-11(10)20-12/h8H,3-7,9H2,1-2H3. The molecule has 1 aliphatic rings. The van der Waals surface area contributed by atoms with Gasteiger partial charge in [0, 0.05) is 24.2 Å².